The molecular formula is C6H16ClNO2. The minimum absolute atomic E-state index is 0. The van der Waals surface area contributed by atoms with Crippen LogP contribution in [0.1, 0.15) is 13.8 Å². The Morgan fingerprint density at radius 3 is 2.20 bits per heavy atom. The minimum Gasteiger partial charge on any atom is -0.394 e. The molecule has 0 aromatic carbocycles. The minimum atomic E-state index is -0.618. The van der Waals surface area contributed by atoms with E-state index in [-0.39, 0.29) is 19.0 Å². The molecular weight excluding hydrogens is 154 g/mol. The Bertz CT molecular complexity index is 70.8. The Morgan fingerprint density at radius 2 is 1.90 bits per heavy atom. The zero-order valence-electron chi connectivity index (χ0n) is 6.37. The standard InChI is InChI=1S/C6H15NO2.ClH/c1-5(2)7-3-6(9)4-8;/h5-9H,3-4H2,1-2H3;1H/t6-;/m1./s1. The third-order valence-electron chi connectivity index (χ3n) is 0.972. The van der Waals surface area contributed by atoms with Gasteiger partial charge in [-0.15, -0.1) is 12.4 Å². The molecule has 0 amide bonds. The van der Waals surface area contributed by atoms with Crippen molar-refractivity contribution in [2.24, 2.45) is 0 Å². The zero-order chi connectivity index (χ0) is 7.28. The van der Waals surface area contributed by atoms with Crippen molar-refractivity contribution >= 4 is 12.4 Å². The van der Waals surface area contributed by atoms with E-state index in [1.165, 1.54) is 0 Å². The molecule has 1 atom stereocenters. The van der Waals surface area contributed by atoms with E-state index in [4.69, 9.17) is 10.2 Å². The van der Waals surface area contributed by atoms with Gasteiger partial charge in [0.05, 0.1) is 12.7 Å². The first-order valence-corrected chi connectivity index (χ1v) is 3.19. The van der Waals surface area contributed by atoms with Gasteiger partial charge in [-0.25, -0.2) is 0 Å². The zero-order valence-corrected chi connectivity index (χ0v) is 7.19. The summed E-state index contributed by atoms with van der Waals surface area (Å²) in [5.41, 5.74) is 0. The first-order valence-electron chi connectivity index (χ1n) is 3.19. The van der Waals surface area contributed by atoms with Crippen LogP contribution in [-0.2, 0) is 0 Å². The van der Waals surface area contributed by atoms with E-state index in [9.17, 15) is 0 Å². The van der Waals surface area contributed by atoms with Gasteiger partial charge in [-0.2, -0.15) is 0 Å². The van der Waals surface area contributed by atoms with Gasteiger partial charge in [-0.05, 0) is 0 Å². The van der Waals surface area contributed by atoms with Crippen LogP contribution in [0.2, 0.25) is 0 Å². The molecule has 0 aliphatic rings. The van der Waals surface area contributed by atoms with E-state index in [0.29, 0.717) is 12.6 Å². The molecule has 0 fully saturated rings. The number of nitrogens with one attached hydrogen (secondary N) is 1. The van der Waals surface area contributed by atoms with Gasteiger partial charge < -0.3 is 15.5 Å². The maximum atomic E-state index is 8.79. The van der Waals surface area contributed by atoms with Crippen molar-refractivity contribution in [3.8, 4) is 0 Å². The lowest BCUT2D eigenvalue weighted by Crippen LogP contribution is -2.33. The van der Waals surface area contributed by atoms with Crippen molar-refractivity contribution in [2.45, 2.75) is 26.0 Å². The van der Waals surface area contributed by atoms with Crippen LogP contribution in [0.3, 0.4) is 0 Å². The summed E-state index contributed by atoms with van der Waals surface area (Å²) in [7, 11) is 0. The second-order valence-electron chi connectivity index (χ2n) is 2.40. The maximum absolute atomic E-state index is 8.79. The largest absolute Gasteiger partial charge is 0.394 e. The highest BCUT2D eigenvalue weighted by molar-refractivity contribution is 5.85. The summed E-state index contributed by atoms with van der Waals surface area (Å²) in [5, 5.41) is 20.1. The van der Waals surface area contributed by atoms with Crippen molar-refractivity contribution in [1.82, 2.24) is 5.32 Å². The van der Waals surface area contributed by atoms with Crippen LogP contribution < -0.4 is 5.32 Å². The summed E-state index contributed by atoms with van der Waals surface area (Å²) >= 11 is 0. The Labute approximate surface area is 67.9 Å². The predicted molar refractivity (Wildman–Crippen MR) is 43.5 cm³/mol. The van der Waals surface area contributed by atoms with Crippen LogP contribution in [0, 0.1) is 0 Å². The van der Waals surface area contributed by atoms with Gasteiger partial charge >= 0.3 is 0 Å². The Morgan fingerprint density at radius 1 is 1.40 bits per heavy atom. The molecule has 0 saturated heterocycles. The number of aliphatic hydroxyl groups excluding tert-OH is 2. The van der Waals surface area contributed by atoms with Gasteiger partial charge in [-0.3, -0.25) is 0 Å². The summed E-state index contributed by atoms with van der Waals surface area (Å²) in [6, 6.07) is 0.367. The van der Waals surface area contributed by atoms with Crippen LogP contribution in [-0.4, -0.2) is 35.5 Å². The Kier molecular flexibility index (Phi) is 9.33. The van der Waals surface area contributed by atoms with Crippen LogP contribution in [0.4, 0.5) is 0 Å². The second-order valence-corrected chi connectivity index (χ2v) is 2.40. The Balaban J connectivity index is 0. The number of hydrogen-bond acceptors (Lipinski definition) is 3. The van der Waals surface area contributed by atoms with E-state index in [0.717, 1.165) is 0 Å². The highest BCUT2D eigenvalue weighted by atomic mass is 35.5. The van der Waals surface area contributed by atoms with Crippen molar-refractivity contribution < 1.29 is 10.2 Å². The SMILES string of the molecule is CC(C)NC[C@@H](O)CO.Cl. The van der Waals surface area contributed by atoms with E-state index < -0.39 is 6.10 Å². The predicted octanol–water partition coefficient (Wildman–Crippen LogP) is -0.241. The number of aliphatic hydroxyl groups is 2. The van der Waals surface area contributed by atoms with Crippen LogP contribution in [0.15, 0.2) is 0 Å². The molecule has 0 bridgehead atoms. The first-order chi connectivity index (χ1) is 4.16. The van der Waals surface area contributed by atoms with Crippen LogP contribution in [0.25, 0.3) is 0 Å². The number of hydrogen-bond donors (Lipinski definition) is 3. The van der Waals surface area contributed by atoms with Gasteiger partial charge in [-0.1, -0.05) is 13.8 Å². The quantitative estimate of drug-likeness (QED) is 0.545. The van der Waals surface area contributed by atoms with Crippen molar-refractivity contribution in [3.63, 3.8) is 0 Å². The molecule has 0 unspecified atom stereocenters. The fourth-order valence-corrected chi connectivity index (χ4v) is 0.436. The molecule has 3 nitrogen and oxygen atoms in total. The van der Waals surface area contributed by atoms with Crippen molar-refractivity contribution in [3.05, 3.63) is 0 Å². The smallest absolute Gasteiger partial charge is 0.0895 e. The topological polar surface area (TPSA) is 52.5 Å². The van der Waals surface area contributed by atoms with E-state index in [2.05, 4.69) is 5.32 Å². The summed E-state index contributed by atoms with van der Waals surface area (Å²) in [4.78, 5) is 0. The average molecular weight is 170 g/mol. The van der Waals surface area contributed by atoms with E-state index in [1.54, 1.807) is 0 Å². The van der Waals surface area contributed by atoms with Gasteiger partial charge in [0.1, 0.15) is 0 Å². The average Bonchev–Trinajstić information content (AvgIpc) is 1.83. The molecule has 10 heavy (non-hydrogen) atoms. The molecule has 3 N–H and O–H groups in total. The molecule has 0 aliphatic heterocycles. The summed E-state index contributed by atoms with van der Waals surface area (Å²) in [6.45, 7) is 4.28. The highest BCUT2D eigenvalue weighted by Gasteiger charge is 2.00. The van der Waals surface area contributed by atoms with Gasteiger partial charge in [0.2, 0.25) is 0 Å². The molecule has 0 aliphatic carbocycles. The van der Waals surface area contributed by atoms with Crippen molar-refractivity contribution in [2.75, 3.05) is 13.2 Å². The lowest BCUT2D eigenvalue weighted by Gasteiger charge is -2.10. The maximum Gasteiger partial charge on any atom is 0.0895 e. The molecule has 0 saturated carbocycles. The molecule has 64 valence electrons. The first kappa shape index (κ1) is 12.8. The summed E-state index contributed by atoms with van der Waals surface area (Å²) in [6.07, 6.45) is -0.618. The number of halogens is 1. The molecule has 0 heterocycles. The third-order valence-corrected chi connectivity index (χ3v) is 0.972. The fraction of sp³-hybridized carbons (Fsp3) is 1.00. The molecule has 0 rings (SSSR count). The van der Waals surface area contributed by atoms with Gasteiger partial charge in [0.25, 0.3) is 0 Å². The second kappa shape index (κ2) is 7.28. The molecule has 0 radical (unpaired) electrons. The Hall–Kier alpha value is 0.170. The van der Waals surface area contributed by atoms with E-state index >= 15 is 0 Å². The van der Waals surface area contributed by atoms with Crippen LogP contribution in [0.5, 0.6) is 0 Å². The van der Waals surface area contributed by atoms with Gasteiger partial charge in [0.15, 0.2) is 0 Å². The van der Waals surface area contributed by atoms with Crippen molar-refractivity contribution in [1.29, 1.82) is 0 Å². The normalized spacial score (nSPS) is 12.9. The van der Waals surface area contributed by atoms with E-state index in [1.807, 2.05) is 13.8 Å². The molecule has 0 aromatic heterocycles. The summed E-state index contributed by atoms with van der Waals surface area (Å²) in [5.74, 6) is 0. The fourth-order valence-electron chi connectivity index (χ4n) is 0.436. The molecule has 4 heteroatoms. The monoisotopic (exact) mass is 169 g/mol. The molecule has 0 spiro atoms. The van der Waals surface area contributed by atoms with Crippen LogP contribution >= 0.6 is 12.4 Å². The summed E-state index contributed by atoms with van der Waals surface area (Å²) < 4.78 is 0. The number of rotatable bonds is 4. The highest BCUT2D eigenvalue weighted by Crippen LogP contribution is 1.80. The lowest BCUT2D eigenvalue weighted by atomic mass is 10.3. The van der Waals surface area contributed by atoms with Gasteiger partial charge in [0, 0.05) is 12.6 Å². The molecule has 0 aromatic rings. The third kappa shape index (κ3) is 8.17. The lowest BCUT2D eigenvalue weighted by molar-refractivity contribution is 0.0928.